The number of ether oxygens (including phenoxy) is 1. The number of rotatable bonds is 6. The molecule has 1 saturated heterocycles. The molecule has 162 valence electrons. The predicted octanol–water partition coefficient (Wildman–Crippen LogP) is 6.06. The molecule has 1 heterocycles. The van der Waals surface area contributed by atoms with Gasteiger partial charge in [-0.3, -0.25) is 19.3 Å². The van der Waals surface area contributed by atoms with Gasteiger partial charge in [0.1, 0.15) is 18.9 Å². The molecule has 9 heteroatoms. The van der Waals surface area contributed by atoms with E-state index in [0.717, 1.165) is 16.3 Å². The molecule has 1 aliphatic heterocycles. The van der Waals surface area contributed by atoms with Gasteiger partial charge in [0.15, 0.2) is 0 Å². The van der Waals surface area contributed by atoms with Gasteiger partial charge in [0.25, 0.3) is 11.1 Å². The van der Waals surface area contributed by atoms with Crippen molar-refractivity contribution in [2.24, 2.45) is 0 Å². The second kappa shape index (κ2) is 9.48. The molecular weight excluding hydrogens is 562 g/mol. The number of amides is 2. The summed E-state index contributed by atoms with van der Waals surface area (Å²) in [6.45, 7) is -0.289. The number of fused-ring (bicyclic) bond motifs is 1. The molecule has 3 aromatic rings. The van der Waals surface area contributed by atoms with Crippen molar-refractivity contribution in [3.8, 4) is 5.75 Å². The molecule has 0 radical (unpaired) electrons. The molecule has 0 aromatic heterocycles. The van der Waals surface area contributed by atoms with Crippen LogP contribution in [0.1, 0.15) is 11.1 Å². The number of carbonyl (C=O) groups is 3. The Hall–Kier alpha value is -2.62. The summed E-state index contributed by atoms with van der Waals surface area (Å²) in [5.74, 6) is -1.26. The van der Waals surface area contributed by atoms with Crippen molar-refractivity contribution >= 4 is 77.6 Å². The van der Waals surface area contributed by atoms with E-state index in [1.807, 2.05) is 24.3 Å². The number of benzene rings is 3. The maximum Gasteiger partial charge on any atom is 0.323 e. The molecule has 1 N–H and O–H groups in total. The van der Waals surface area contributed by atoms with Crippen molar-refractivity contribution in [1.82, 2.24) is 4.90 Å². The molecule has 4 rings (SSSR count). The summed E-state index contributed by atoms with van der Waals surface area (Å²) in [6.07, 6.45) is 1.55. The van der Waals surface area contributed by atoms with Crippen LogP contribution in [-0.4, -0.2) is 33.7 Å². The highest BCUT2D eigenvalue weighted by Gasteiger charge is 2.36. The van der Waals surface area contributed by atoms with E-state index in [2.05, 4.69) is 50.1 Å². The molecule has 1 fully saturated rings. The number of hydrogen-bond donors (Lipinski definition) is 1. The van der Waals surface area contributed by atoms with Crippen LogP contribution in [-0.2, 0) is 16.2 Å². The number of halogens is 2. The summed E-state index contributed by atoms with van der Waals surface area (Å²) in [7, 11) is 0. The number of carboxylic acid groups (broad SMARTS) is 1. The molecule has 6 nitrogen and oxygen atoms in total. The van der Waals surface area contributed by atoms with E-state index in [4.69, 9.17) is 9.84 Å². The first-order valence-corrected chi connectivity index (χ1v) is 11.8. The molecule has 0 spiro atoms. The largest absolute Gasteiger partial charge is 0.487 e. The third-order valence-electron chi connectivity index (χ3n) is 4.74. The summed E-state index contributed by atoms with van der Waals surface area (Å²) in [4.78, 5) is 36.1. The monoisotopic (exact) mass is 575 g/mol. The zero-order valence-corrected chi connectivity index (χ0v) is 20.4. The summed E-state index contributed by atoms with van der Waals surface area (Å²) in [5.41, 5.74) is 1.71. The van der Waals surface area contributed by atoms with Crippen LogP contribution in [0.2, 0.25) is 0 Å². The normalized spacial score (nSPS) is 15.1. The van der Waals surface area contributed by atoms with Crippen LogP contribution in [0, 0.1) is 0 Å². The van der Waals surface area contributed by atoms with Crippen LogP contribution in [0.5, 0.6) is 5.75 Å². The highest BCUT2D eigenvalue weighted by molar-refractivity contribution is 9.11. The zero-order valence-electron chi connectivity index (χ0n) is 16.4. The van der Waals surface area contributed by atoms with Gasteiger partial charge in [0.2, 0.25) is 0 Å². The molecule has 0 unspecified atom stereocenters. The van der Waals surface area contributed by atoms with Crippen LogP contribution in [0.3, 0.4) is 0 Å². The number of carboxylic acids is 1. The van der Waals surface area contributed by atoms with Gasteiger partial charge in [-0.15, -0.1) is 0 Å². The quantitative estimate of drug-likeness (QED) is 0.359. The van der Waals surface area contributed by atoms with Gasteiger partial charge in [0.05, 0.1) is 13.9 Å². The van der Waals surface area contributed by atoms with Crippen LogP contribution in [0.15, 0.2) is 68.4 Å². The van der Waals surface area contributed by atoms with Crippen molar-refractivity contribution in [3.05, 3.63) is 79.6 Å². The summed E-state index contributed by atoms with van der Waals surface area (Å²) >= 11 is 7.74. The molecule has 1 aliphatic rings. The van der Waals surface area contributed by atoms with Crippen molar-refractivity contribution < 1.29 is 24.2 Å². The third kappa shape index (κ3) is 4.74. The van der Waals surface area contributed by atoms with E-state index in [1.165, 1.54) is 0 Å². The predicted molar refractivity (Wildman–Crippen MR) is 130 cm³/mol. The molecule has 0 atom stereocenters. The average molecular weight is 577 g/mol. The Morgan fingerprint density at radius 1 is 1.06 bits per heavy atom. The second-order valence-electron chi connectivity index (χ2n) is 6.90. The van der Waals surface area contributed by atoms with E-state index < -0.39 is 23.7 Å². The Balaban J connectivity index is 1.55. The van der Waals surface area contributed by atoms with Crippen LogP contribution in [0.4, 0.5) is 4.79 Å². The lowest BCUT2D eigenvalue weighted by atomic mass is 10.1. The Morgan fingerprint density at radius 3 is 2.47 bits per heavy atom. The number of imide groups is 1. The van der Waals surface area contributed by atoms with Gasteiger partial charge in [-0.1, -0.05) is 42.5 Å². The Morgan fingerprint density at radius 2 is 1.75 bits per heavy atom. The van der Waals surface area contributed by atoms with Gasteiger partial charge < -0.3 is 9.84 Å². The minimum absolute atomic E-state index is 0.166. The second-order valence-corrected chi connectivity index (χ2v) is 9.60. The average Bonchev–Trinajstić information content (AvgIpc) is 3.00. The minimum atomic E-state index is -1.24. The van der Waals surface area contributed by atoms with Gasteiger partial charge >= 0.3 is 5.97 Å². The van der Waals surface area contributed by atoms with Crippen LogP contribution in [0.25, 0.3) is 16.8 Å². The fourth-order valence-corrected chi connectivity index (χ4v) is 5.58. The summed E-state index contributed by atoms with van der Waals surface area (Å²) in [5, 5.41) is 10.5. The summed E-state index contributed by atoms with van der Waals surface area (Å²) in [6, 6.07) is 17.7. The van der Waals surface area contributed by atoms with E-state index in [1.54, 1.807) is 18.2 Å². The lowest BCUT2D eigenvalue weighted by Gasteiger charge is -2.13. The van der Waals surface area contributed by atoms with E-state index in [9.17, 15) is 14.4 Å². The maximum absolute atomic E-state index is 12.4. The molecule has 0 saturated carbocycles. The van der Waals surface area contributed by atoms with Crippen LogP contribution >= 0.6 is 43.6 Å². The number of hydrogen-bond acceptors (Lipinski definition) is 5. The van der Waals surface area contributed by atoms with Crippen molar-refractivity contribution in [1.29, 1.82) is 0 Å². The van der Waals surface area contributed by atoms with Gasteiger partial charge in [0, 0.05) is 0 Å². The van der Waals surface area contributed by atoms with Crippen molar-refractivity contribution in [3.63, 3.8) is 0 Å². The molecule has 0 bridgehead atoms. The highest BCUT2D eigenvalue weighted by atomic mass is 79.9. The first kappa shape index (κ1) is 22.6. The smallest absolute Gasteiger partial charge is 0.323 e. The van der Waals surface area contributed by atoms with Gasteiger partial charge in [-0.25, -0.2) is 0 Å². The maximum atomic E-state index is 12.4. The lowest BCUT2D eigenvalue weighted by molar-refractivity contribution is -0.140. The van der Waals surface area contributed by atoms with Crippen molar-refractivity contribution in [2.45, 2.75) is 6.61 Å². The van der Waals surface area contributed by atoms with E-state index in [0.29, 0.717) is 43.5 Å². The molecule has 0 aliphatic carbocycles. The summed E-state index contributed by atoms with van der Waals surface area (Å²) < 4.78 is 7.41. The van der Waals surface area contributed by atoms with Gasteiger partial charge in [-0.2, -0.15) is 0 Å². The highest BCUT2D eigenvalue weighted by Crippen LogP contribution is 2.38. The third-order valence-corrected chi connectivity index (χ3v) is 6.82. The van der Waals surface area contributed by atoms with Gasteiger partial charge in [-0.05, 0) is 83.7 Å². The fourth-order valence-electron chi connectivity index (χ4n) is 3.29. The Bertz CT molecular complexity index is 1260. The zero-order chi connectivity index (χ0) is 22.8. The SMILES string of the molecule is O=C(O)CN1C(=O)S/C(=C/c2cc(Br)c(OCc3cccc4ccccc34)c(Br)c2)C1=O. The van der Waals surface area contributed by atoms with E-state index >= 15 is 0 Å². The Labute approximate surface area is 204 Å². The Kier molecular flexibility index (Phi) is 6.68. The number of aliphatic carboxylic acids is 1. The molecule has 2 amide bonds. The molecule has 32 heavy (non-hydrogen) atoms. The molecule has 3 aromatic carbocycles. The lowest BCUT2D eigenvalue weighted by Crippen LogP contribution is -2.33. The van der Waals surface area contributed by atoms with Crippen LogP contribution < -0.4 is 4.74 Å². The number of nitrogens with zero attached hydrogens (tertiary/aromatic N) is 1. The standard InChI is InChI=1S/C23H15Br2NO5S/c24-17-8-13(10-19-22(29)26(11-20(27)28)23(30)32-19)9-18(25)21(17)31-12-15-6-3-5-14-4-1-2-7-16(14)15/h1-10H,11-12H2,(H,27,28)/b19-10+. The topological polar surface area (TPSA) is 83.9 Å². The molecular formula is C23H15Br2NO5S. The first-order chi connectivity index (χ1) is 15.3. The minimum Gasteiger partial charge on any atom is -0.487 e. The number of carbonyl (C=O) groups excluding carboxylic acids is 2. The number of thioether (sulfide) groups is 1. The van der Waals surface area contributed by atoms with E-state index in [-0.39, 0.29) is 4.91 Å². The first-order valence-electron chi connectivity index (χ1n) is 9.39. The fraction of sp³-hybridized carbons (Fsp3) is 0.0870. The van der Waals surface area contributed by atoms with Crippen molar-refractivity contribution in [2.75, 3.05) is 6.54 Å².